The van der Waals surface area contributed by atoms with Crippen LogP contribution in [0.3, 0.4) is 0 Å². The third kappa shape index (κ3) is 4.42. The van der Waals surface area contributed by atoms with Gasteiger partial charge in [0.25, 0.3) is 0 Å². The molecule has 2 atom stereocenters. The Morgan fingerprint density at radius 3 is 2.53 bits per heavy atom. The summed E-state index contributed by atoms with van der Waals surface area (Å²) in [6.45, 7) is 8.53. The minimum absolute atomic E-state index is 0.0152. The number of rotatable bonds is 5. The Hall–Kier alpha value is -3.11. The summed E-state index contributed by atoms with van der Waals surface area (Å²) in [5.74, 6) is 0.435. The van der Waals surface area contributed by atoms with E-state index in [1.807, 2.05) is 6.07 Å². The molecule has 1 saturated heterocycles. The predicted octanol–water partition coefficient (Wildman–Crippen LogP) is 1.98. The van der Waals surface area contributed by atoms with Crippen molar-refractivity contribution in [2.75, 3.05) is 11.9 Å². The number of phenols is 1. The lowest BCUT2D eigenvalue weighted by Crippen LogP contribution is -2.66. The Morgan fingerprint density at radius 2 is 1.94 bits per heavy atom. The highest BCUT2D eigenvalue weighted by Gasteiger charge is 2.45. The van der Waals surface area contributed by atoms with Gasteiger partial charge in [0.05, 0.1) is 12.4 Å². The molecule has 3 aromatic rings. The highest BCUT2D eigenvalue weighted by molar-refractivity contribution is 5.72. The Labute approximate surface area is 187 Å². The van der Waals surface area contributed by atoms with E-state index in [0.717, 1.165) is 12.0 Å². The number of aliphatic hydroxyl groups excluding tert-OH is 1. The summed E-state index contributed by atoms with van der Waals surface area (Å²) in [4.78, 5) is 5.88. The quantitative estimate of drug-likeness (QED) is 0.472. The van der Waals surface area contributed by atoms with E-state index < -0.39 is 0 Å². The summed E-state index contributed by atoms with van der Waals surface area (Å²) in [6.07, 6.45) is 4.02. The number of anilines is 1. The Morgan fingerprint density at radius 1 is 1.16 bits per heavy atom. The summed E-state index contributed by atoms with van der Waals surface area (Å²) >= 11 is 0. The van der Waals surface area contributed by atoms with Crippen molar-refractivity contribution in [1.82, 2.24) is 35.5 Å². The molecule has 1 unspecified atom stereocenters. The average Bonchev–Trinajstić information content (AvgIpc) is 3.13. The lowest BCUT2D eigenvalue weighted by atomic mass is 9.71. The van der Waals surface area contributed by atoms with Gasteiger partial charge in [0.1, 0.15) is 17.1 Å². The SMILES string of the molecule is Cn1ncc(-c2ccc(-c3cnc(NC4CC(C)(C)NC(C)(C)[C@H]4CO)nn3)c(O)c2)n1. The van der Waals surface area contributed by atoms with Crippen LogP contribution in [0.5, 0.6) is 5.75 Å². The number of aromatic nitrogens is 6. The minimum atomic E-state index is -0.252. The summed E-state index contributed by atoms with van der Waals surface area (Å²) in [5.41, 5.74) is 2.06. The van der Waals surface area contributed by atoms with Crippen LogP contribution in [0.25, 0.3) is 22.5 Å². The zero-order valence-electron chi connectivity index (χ0n) is 19.0. The molecule has 1 aromatic carbocycles. The number of aryl methyl sites for hydroxylation is 1. The smallest absolute Gasteiger partial charge is 0.242 e. The zero-order valence-corrected chi connectivity index (χ0v) is 19.0. The van der Waals surface area contributed by atoms with E-state index in [-0.39, 0.29) is 35.4 Å². The highest BCUT2D eigenvalue weighted by Crippen LogP contribution is 2.35. The van der Waals surface area contributed by atoms with Crippen LogP contribution >= 0.6 is 0 Å². The van der Waals surface area contributed by atoms with E-state index in [1.165, 1.54) is 4.80 Å². The molecular weight excluding hydrogens is 408 g/mol. The van der Waals surface area contributed by atoms with Gasteiger partial charge in [-0.3, -0.25) is 0 Å². The number of piperidine rings is 1. The van der Waals surface area contributed by atoms with Gasteiger partial charge in [-0.05, 0) is 46.2 Å². The van der Waals surface area contributed by atoms with Gasteiger partial charge in [-0.25, -0.2) is 4.98 Å². The lowest BCUT2D eigenvalue weighted by molar-refractivity contribution is 0.0546. The van der Waals surface area contributed by atoms with Crippen molar-refractivity contribution in [2.45, 2.75) is 51.2 Å². The van der Waals surface area contributed by atoms with Gasteiger partial charge >= 0.3 is 0 Å². The molecule has 2 aromatic heterocycles. The molecule has 10 heteroatoms. The molecule has 4 rings (SSSR count). The molecule has 32 heavy (non-hydrogen) atoms. The first-order valence-electron chi connectivity index (χ1n) is 10.6. The van der Waals surface area contributed by atoms with Crippen LogP contribution in [-0.4, -0.2) is 64.1 Å². The molecule has 1 aliphatic rings. The molecule has 0 bridgehead atoms. The van der Waals surface area contributed by atoms with Crippen molar-refractivity contribution in [3.05, 3.63) is 30.6 Å². The van der Waals surface area contributed by atoms with Gasteiger partial charge in [0.2, 0.25) is 5.95 Å². The maximum Gasteiger partial charge on any atom is 0.242 e. The molecule has 1 fully saturated rings. The van der Waals surface area contributed by atoms with Crippen LogP contribution < -0.4 is 10.6 Å². The summed E-state index contributed by atoms with van der Waals surface area (Å²) < 4.78 is 0. The molecular formula is C22H30N8O2. The number of aliphatic hydroxyl groups is 1. The van der Waals surface area contributed by atoms with Crippen molar-refractivity contribution < 1.29 is 10.2 Å². The maximum absolute atomic E-state index is 10.5. The average molecular weight is 439 g/mol. The van der Waals surface area contributed by atoms with Gasteiger partial charge in [-0.2, -0.15) is 15.0 Å². The first kappa shape index (κ1) is 22.1. The van der Waals surface area contributed by atoms with Gasteiger partial charge < -0.3 is 20.8 Å². The molecule has 0 aliphatic carbocycles. The molecule has 0 saturated carbocycles. The van der Waals surface area contributed by atoms with Crippen molar-refractivity contribution in [2.24, 2.45) is 13.0 Å². The van der Waals surface area contributed by atoms with E-state index in [2.05, 4.69) is 63.7 Å². The number of hydrogen-bond acceptors (Lipinski definition) is 9. The molecule has 0 radical (unpaired) electrons. The standard InChI is InChI=1S/C22H30N8O2/c1-21(2)9-16(15(12-31)22(3,4)29-21)25-20-23-10-18(26-27-20)14-7-6-13(8-19(14)32)17-11-24-30(5)28-17/h6-8,10-11,15-16,29,31-32H,9,12H2,1-5H3,(H,23,25,27)/t15-,16?/m0/s1. The second-order valence-electron chi connectivity index (χ2n) is 9.59. The molecule has 10 nitrogen and oxygen atoms in total. The van der Waals surface area contributed by atoms with Crippen molar-refractivity contribution >= 4 is 5.95 Å². The van der Waals surface area contributed by atoms with E-state index in [0.29, 0.717) is 22.9 Å². The second kappa shape index (κ2) is 8.10. The molecule has 1 aliphatic heterocycles. The number of benzene rings is 1. The molecule has 4 N–H and O–H groups in total. The summed E-state index contributed by atoms with van der Waals surface area (Å²) in [5, 5.41) is 44.3. The number of nitrogens with zero attached hydrogens (tertiary/aromatic N) is 6. The van der Waals surface area contributed by atoms with Crippen LogP contribution in [0.1, 0.15) is 34.1 Å². The van der Waals surface area contributed by atoms with Crippen molar-refractivity contribution in [1.29, 1.82) is 0 Å². The van der Waals surface area contributed by atoms with Crippen LogP contribution in [0.2, 0.25) is 0 Å². The molecule has 0 spiro atoms. The topological polar surface area (TPSA) is 134 Å². The second-order valence-corrected chi connectivity index (χ2v) is 9.59. The van der Waals surface area contributed by atoms with E-state index in [9.17, 15) is 10.2 Å². The first-order chi connectivity index (χ1) is 15.1. The van der Waals surface area contributed by atoms with Gasteiger partial charge in [0.15, 0.2) is 0 Å². The van der Waals surface area contributed by atoms with Crippen LogP contribution in [-0.2, 0) is 7.05 Å². The van der Waals surface area contributed by atoms with Crippen LogP contribution in [0.15, 0.2) is 30.6 Å². The number of phenolic OH excluding ortho intramolecular Hbond substituents is 1. The van der Waals surface area contributed by atoms with E-state index in [4.69, 9.17) is 0 Å². The number of nitrogens with one attached hydrogen (secondary N) is 2. The molecule has 170 valence electrons. The largest absolute Gasteiger partial charge is 0.507 e. The fourth-order valence-electron chi connectivity index (χ4n) is 4.73. The zero-order chi connectivity index (χ0) is 23.1. The van der Waals surface area contributed by atoms with Crippen molar-refractivity contribution in [3.63, 3.8) is 0 Å². The number of hydrogen-bond donors (Lipinski definition) is 4. The molecule has 3 heterocycles. The number of aromatic hydroxyl groups is 1. The minimum Gasteiger partial charge on any atom is -0.507 e. The Balaban J connectivity index is 1.53. The Bertz CT molecular complexity index is 1090. The van der Waals surface area contributed by atoms with E-state index in [1.54, 1.807) is 31.6 Å². The fourth-order valence-corrected chi connectivity index (χ4v) is 4.73. The van der Waals surface area contributed by atoms with E-state index >= 15 is 0 Å². The van der Waals surface area contributed by atoms with Gasteiger partial charge in [0, 0.05) is 47.8 Å². The normalized spacial score (nSPS) is 21.9. The lowest BCUT2D eigenvalue weighted by Gasteiger charge is -2.51. The summed E-state index contributed by atoms with van der Waals surface area (Å²) in [6, 6.07) is 5.21. The van der Waals surface area contributed by atoms with Crippen molar-refractivity contribution in [3.8, 4) is 28.3 Å². The maximum atomic E-state index is 10.5. The van der Waals surface area contributed by atoms with Gasteiger partial charge in [-0.15, -0.1) is 10.2 Å². The third-order valence-electron chi connectivity index (χ3n) is 6.05. The fraction of sp³-hybridized carbons (Fsp3) is 0.500. The predicted molar refractivity (Wildman–Crippen MR) is 121 cm³/mol. The first-order valence-corrected chi connectivity index (χ1v) is 10.6. The van der Waals surface area contributed by atoms with Gasteiger partial charge in [-0.1, -0.05) is 6.07 Å². The third-order valence-corrected chi connectivity index (χ3v) is 6.05. The Kier molecular flexibility index (Phi) is 5.59. The molecule has 0 amide bonds. The van der Waals surface area contributed by atoms with Crippen LogP contribution in [0.4, 0.5) is 5.95 Å². The monoisotopic (exact) mass is 438 g/mol. The van der Waals surface area contributed by atoms with Crippen LogP contribution in [0, 0.1) is 5.92 Å². The summed E-state index contributed by atoms with van der Waals surface area (Å²) in [7, 11) is 1.74. The highest BCUT2D eigenvalue weighted by atomic mass is 16.3.